The van der Waals surface area contributed by atoms with Crippen LogP contribution in [0.4, 0.5) is 11.4 Å². The molecule has 2 rings (SSSR count). The lowest BCUT2D eigenvalue weighted by atomic mass is 10.1. The van der Waals surface area contributed by atoms with Crippen LogP contribution < -0.4 is 15.0 Å². The average Bonchev–Trinajstić information content (AvgIpc) is 2.56. The molecular formula is C19H21ClN2O3. The van der Waals surface area contributed by atoms with E-state index in [1.807, 2.05) is 38.1 Å². The van der Waals surface area contributed by atoms with Crippen LogP contribution in [0.2, 0.25) is 5.02 Å². The summed E-state index contributed by atoms with van der Waals surface area (Å²) in [4.78, 5) is 25.9. The number of carbonyl (C=O) groups is 2. The predicted octanol–water partition coefficient (Wildman–Crippen LogP) is 3.96. The Bertz CT molecular complexity index is 805. The Morgan fingerprint density at radius 2 is 1.84 bits per heavy atom. The van der Waals surface area contributed by atoms with Gasteiger partial charge >= 0.3 is 0 Å². The number of para-hydroxylation sites is 1. The van der Waals surface area contributed by atoms with E-state index in [4.69, 9.17) is 16.3 Å². The summed E-state index contributed by atoms with van der Waals surface area (Å²) in [5, 5.41) is 3.34. The summed E-state index contributed by atoms with van der Waals surface area (Å²) in [6, 6.07) is 10.8. The minimum Gasteiger partial charge on any atom is -0.495 e. The Morgan fingerprint density at radius 1 is 1.16 bits per heavy atom. The van der Waals surface area contributed by atoms with Gasteiger partial charge in [0.1, 0.15) is 12.3 Å². The van der Waals surface area contributed by atoms with Gasteiger partial charge < -0.3 is 15.0 Å². The molecular weight excluding hydrogens is 340 g/mol. The van der Waals surface area contributed by atoms with Crippen LogP contribution in [0.5, 0.6) is 5.75 Å². The van der Waals surface area contributed by atoms with Crippen LogP contribution in [0.15, 0.2) is 36.4 Å². The molecule has 0 radical (unpaired) electrons. The molecule has 0 aliphatic heterocycles. The van der Waals surface area contributed by atoms with Crippen molar-refractivity contribution >= 4 is 34.8 Å². The molecule has 2 amide bonds. The number of amides is 2. The summed E-state index contributed by atoms with van der Waals surface area (Å²) < 4.78 is 5.26. The van der Waals surface area contributed by atoms with Gasteiger partial charge in [-0.2, -0.15) is 0 Å². The van der Waals surface area contributed by atoms with E-state index >= 15 is 0 Å². The van der Waals surface area contributed by atoms with E-state index in [-0.39, 0.29) is 18.4 Å². The van der Waals surface area contributed by atoms with Gasteiger partial charge in [0.15, 0.2) is 0 Å². The smallest absolute Gasteiger partial charge is 0.244 e. The fourth-order valence-electron chi connectivity index (χ4n) is 2.50. The standard InChI is InChI=1S/C19H21ClN2O3/c1-12-7-5-6-8-17(12)22(14(3)23)11-19(24)21-16-9-13(2)15(20)10-18(16)25-4/h5-10H,11H2,1-4H3,(H,21,24). The third kappa shape index (κ3) is 4.51. The van der Waals surface area contributed by atoms with Crippen molar-refractivity contribution in [3.05, 3.63) is 52.5 Å². The number of carbonyl (C=O) groups excluding carboxylic acids is 2. The Labute approximate surface area is 152 Å². The van der Waals surface area contributed by atoms with Crippen molar-refractivity contribution < 1.29 is 14.3 Å². The zero-order valence-electron chi connectivity index (χ0n) is 14.7. The number of ether oxygens (including phenoxy) is 1. The number of nitrogens with one attached hydrogen (secondary N) is 1. The summed E-state index contributed by atoms with van der Waals surface area (Å²) in [6.45, 7) is 5.08. The highest BCUT2D eigenvalue weighted by Crippen LogP contribution is 2.31. The Balaban J connectivity index is 2.22. The molecule has 6 heteroatoms. The van der Waals surface area contributed by atoms with Gasteiger partial charge in [-0.1, -0.05) is 29.8 Å². The van der Waals surface area contributed by atoms with Crippen LogP contribution in [0, 0.1) is 13.8 Å². The van der Waals surface area contributed by atoms with E-state index in [0.717, 1.165) is 11.1 Å². The fourth-order valence-corrected chi connectivity index (χ4v) is 2.65. The maximum Gasteiger partial charge on any atom is 0.244 e. The summed E-state index contributed by atoms with van der Waals surface area (Å²) >= 11 is 6.08. The molecule has 2 aromatic carbocycles. The molecule has 0 saturated heterocycles. The normalized spacial score (nSPS) is 10.3. The number of hydrogen-bond donors (Lipinski definition) is 1. The van der Waals surface area contributed by atoms with E-state index in [2.05, 4.69) is 5.32 Å². The SMILES string of the molecule is COc1cc(Cl)c(C)cc1NC(=O)CN(C(C)=O)c1ccccc1C. The van der Waals surface area contributed by atoms with Gasteiger partial charge in [-0.3, -0.25) is 9.59 Å². The van der Waals surface area contributed by atoms with Gasteiger partial charge in [0, 0.05) is 23.7 Å². The molecule has 0 aromatic heterocycles. The second kappa shape index (κ2) is 8.03. The van der Waals surface area contributed by atoms with Crippen molar-refractivity contribution in [3.8, 4) is 5.75 Å². The predicted molar refractivity (Wildman–Crippen MR) is 101 cm³/mol. The van der Waals surface area contributed by atoms with Crippen molar-refractivity contribution in [1.82, 2.24) is 0 Å². The van der Waals surface area contributed by atoms with Crippen molar-refractivity contribution in [2.75, 3.05) is 23.9 Å². The molecule has 0 fully saturated rings. The fraction of sp³-hybridized carbons (Fsp3) is 0.263. The Hall–Kier alpha value is -2.53. The van der Waals surface area contributed by atoms with E-state index in [1.165, 1.54) is 18.9 Å². The molecule has 5 nitrogen and oxygen atoms in total. The van der Waals surface area contributed by atoms with Crippen LogP contribution in [-0.4, -0.2) is 25.5 Å². The first kappa shape index (κ1) is 18.8. The lowest BCUT2D eigenvalue weighted by molar-refractivity contribution is -0.120. The maximum absolute atomic E-state index is 12.5. The molecule has 1 N–H and O–H groups in total. The van der Waals surface area contributed by atoms with Crippen molar-refractivity contribution in [1.29, 1.82) is 0 Å². The molecule has 132 valence electrons. The number of aryl methyl sites for hydroxylation is 2. The first-order valence-corrected chi connectivity index (χ1v) is 8.19. The molecule has 0 bridgehead atoms. The van der Waals surface area contributed by atoms with Gasteiger partial charge in [-0.05, 0) is 37.1 Å². The summed E-state index contributed by atoms with van der Waals surface area (Å²) in [5.74, 6) is -0.0589. The lowest BCUT2D eigenvalue weighted by Crippen LogP contribution is -2.37. The minimum absolute atomic E-state index is 0.0922. The van der Waals surface area contributed by atoms with Gasteiger partial charge in [-0.15, -0.1) is 0 Å². The van der Waals surface area contributed by atoms with Gasteiger partial charge in [0.25, 0.3) is 0 Å². The zero-order chi connectivity index (χ0) is 18.6. The highest BCUT2D eigenvalue weighted by Gasteiger charge is 2.18. The van der Waals surface area contributed by atoms with Crippen LogP contribution in [0.3, 0.4) is 0 Å². The molecule has 0 aliphatic rings. The first-order chi connectivity index (χ1) is 11.8. The van der Waals surface area contributed by atoms with E-state index < -0.39 is 0 Å². The summed E-state index contributed by atoms with van der Waals surface area (Å²) in [6.07, 6.45) is 0. The summed E-state index contributed by atoms with van der Waals surface area (Å²) in [5.41, 5.74) is 2.97. The molecule has 0 heterocycles. The van der Waals surface area contributed by atoms with Crippen LogP contribution in [0.25, 0.3) is 0 Å². The van der Waals surface area contributed by atoms with E-state index in [1.54, 1.807) is 12.1 Å². The topological polar surface area (TPSA) is 58.6 Å². The van der Waals surface area contributed by atoms with Crippen molar-refractivity contribution in [2.45, 2.75) is 20.8 Å². The number of hydrogen-bond acceptors (Lipinski definition) is 3. The minimum atomic E-state index is -0.321. The Kier molecular flexibility index (Phi) is 6.04. The molecule has 0 unspecified atom stereocenters. The molecule has 25 heavy (non-hydrogen) atoms. The average molecular weight is 361 g/mol. The summed E-state index contributed by atoms with van der Waals surface area (Å²) in [7, 11) is 1.51. The van der Waals surface area contributed by atoms with Crippen LogP contribution in [0.1, 0.15) is 18.1 Å². The molecule has 0 atom stereocenters. The van der Waals surface area contributed by atoms with E-state index in [0.29, 0.717) is 22.1 Å². The third-order valence-electron chi connectivity index (χ3n) is 3.84. The Morgan fingerprint density at radius 3 is 2.44 bits per heavy atom. The molecule has 0 saturated carbocycles. The van der Waals surface area contributed by atoms with E-state index in [9.17, 15) is 9.59 Å². The number of halogens is 1. The highest BCUT2D eigenvalue weighted by molar-refractivity contribution is 6.31. The van der Waals surface area contributed by atoms with Gasteiger partial charge in [0.05, 0.1) is 12.8 Å². The molecule has 2 aromatic rings. The van der Waals surface area contributed by atoms with Gasteiger partial charge in [-0.25, -0.2) is 0 Å². The largest absolute Gasteiger partial charge is 0.495 e. The maximum atomic E-state index is 12.5. The second-order valence-electron chi connectivity index (χ2n) is 5.74. The third-order valence-corrected chi connectivity index (χ3v) is 4.25. The lowest BCUT2D eigenvalue weighted by Gasteiger charge is -2.23. The van der Waals surface area contributed by atoms with Gasteiger partial charge in [0.2, 0.25) is 11.8 Å². The number of rotatable bonds is 5. The molecule has 0 spiro atoms. The van der Waals surface area contributed by atoms with Crippen LogP contribution >= 0.6 is 11.6 Å². The second-order valence-corrected chi connectivity index (χ2v) is 6.15. The number of nitrogens with zero attached hydrogens (tertiary/aromatic N) is 1. The van der Waals surface area contributed by atoms with Crippen LogP contribution in [-0.2, 0) is 9.59 Å². The molecule has 0 aliphatic carbocycles. The number of anilines is 2. The quantitative estimate of drug-likeness (QED) is 0.878. The zero-order valence-corrected chi connectivity index (χ0v) is 15.5. The van der Waals surface area contributed by atoms with Crippen molar-refractivity contribution in [2.24, 2.45) is 0 Å². The number of benzene rings is 2. The van der Waals surface area contributed by atoms with Crippen molar-refractivity contribution in [3.63, 3.8) is 0 Å². The highest BCUT2D eigenvalue weighted by atomic mass is 35.5. The number of methoxy groups -OCH3 is 1. The first-order valence-electron chi connectivity index (χ1n) is 7.81. The monoisotopic (exact) mass is 360 g/mol.